The highest BCUT2D eigenvalue weighted by molar-refractivity contribution is 5.59. The van der Waals surface area contributed by atoms with E-state index in [1.807, 2.05) is 6.20 Å². The molecule has 3 rings (SSSR count). The Morgan fingerprint density at radius 2 is 2.00 bits per heavy atom. The van der Waals surface area contributed by atoms with E-state index >= 15 is 0 Å². The quantitative estimate of drug-likeness (QED) is 0.879. The summed E-state index contributed by atoms with van der Waals surface area (Å²) in [6.07, 6.45) is 4.36. The Labute approximate surface area is 114 Å². The topological polar surface area (TPSA) is 40.7 Å². The van der Waals surface area contributed by atoms with E-state index in [1.54, 1.807) is 0 Å². The van der Waals surface area contributed by atoms with Gasteiger partial charge in [-0.25, -0.2) is 4.98 Å². The molecule has 1 saturated heterocycles. The Balaban J connectivity index is 1.81. The molecule has 1 aromatic heterocycles. The third-order valence-electron chi connectivity index (χ3n) is 3.87. The fourth-order valence-electron chi connectivity index (χ4n) is 2.63. The Morgan fingerprint density at radius 3 is 2.63 bits per heavy atom. The van der Waals surface area contributed by atoms with E-state index in [4.69, 9.17) is 0 Å². The number of aromatic nitrogens is 2. The average molecular weight is 255 g/mol. The summed E-state index contributed by atoms with van der Waals surface area (Å²) in [5.41, 5.74) is 3.70. The lowest BCUT2D eigenvalue weighted by atomic mass is 10.0. The number of nitrogens with zero attached hydrogens (tertiary/aromatic N) is 1. The predicted molar refractivity (Wildman–Crippen MR) is 78.1 cm³/mol. The second-order valence-electron chi connectivity index (χ2n) is 5.61. The first-order valence-electron chi connectivity index (χ1n) is 7.12. The van der Waals surface area contributed by atoms with Crippen LogP contribution >= 0.6 is 0 Å². The van der Waals surface area contributed by atoms with E-state index in [-0.39, 0.29) is 0 Å². The van der Waals surface area contributed by atoms with Crippen molar-refractivity contribution >= 4 is 0 Å². The van der Waals surface area contributed by atoms with Crippen LogP contribution in [0.25, 0.3) is 11.3 Å². The van der Waals surface area contributed by atoms with E-state index in [9.17, 15) is 0 Å². The summed E-state index contributed by atoms with van der Waals surface area (Å²) in [5, 5.41) is 3.47. The van der Waals surface area contributed by atoms with E-state index < -0.39 is 0 Å². The zero-order valence-corrected chi connectivity index (χ0v) is 11.6. The van der Waals surface area contributed by atoms with Crippen molar-refractivity contribution < 1.29 is 0 Å². The molecule has 1 unspecified atom stereocenters. The van der Waals surface area contributed by atoms with E-state index in [0.29, 0.717) is 12.0 Å². The fraction of sp³-hybridized carbons (Fsp3) is 0.438. The molecule has 1 aliphatic rings. The van der Waals surface area contributed by atoms with Gasteiger partial charge < -0.3 is 10.3 Å². The van der Waals surface area contributed by atoms with Crippen molar-refractivity contribution in [3.63, 3.8) is 0 Å². The molecule has 3 nitrogen and oxygen atoms in total. The van der Waals surface area contributed by atoms with Gasteiger partial charge in [0.1, 0.15) is 5.82 Å². The molecule has 2 N–H and O–H groups in total. The maximum absolute atomic E-state index is 4.51. The molecule has 1 aromatic carbocycles. The highest BCUT2D eigenvalue weighted by Gasteiger charge is 2.19. The molecular weight excluding hydrogens is 234 g/mol. The summed E-state index contributed by atoms with van der Waals surface area (Å²) in [6, 6.07) is 9.16. The maximum atomic E-state index is 4.51. The maximum Gasteiger partial charge on any atom is 0.123 e. The summed E-state index contributed by atoms with van der Waals surface area (Å²) < 4.78 is 0. The number of hydrogen-bond donors (Lipinski definition) is 2. The molecule has 0 aliphatic carbocycles. The highest BCUT2D eigenvalue weighted by atomic mass is 15.0. The summed E-state index contributed by atoms with van der Waals surface area (Å²) in [6.45, 7) is 5.54. The molecule has 0 bridgehead atoms. The van der Waals surface area contributed by atoms with Crippen LogP contribution in [0.5, 0.6) is 0 Å². The molecule has 0 saturated carbocycles. The van der Waals surface area contributed by atoms with Gasteiger partial charge in [0.2, 0.25) is 0 Å². The molecular formula is C16H21N3. The molecule has 0 amide bonds. The fourth-order valence-corrected chi connectivity index (χ4v) is 2.63. The highest BCUT2D eigenvalue weighted by Crippen LogP contribution is 2.25. The molecule has 100 valence electrons. The summed E-state index contributed by atoms with van der Waals surface area (Å²) >= 11 is 0. The third kappa shape index (κ3) is 2.56. The number of aromatic amines is 1. The molecule has 1 atom stereocenters. The smallest absolute Gasteiger partial charge is 0.123 e. The van der Waals surface area contributed by atoms with Crippen molar-refractivity contribution in [3.05, 3.63) is 41.9 Å². The van der Waals surface area contributed by atoms with Crippen molar-refractivity contribution in [1.29, 1.82) is 0 Å². The van der Waals surface area contributed by atoms with E-state index in [1.165, 1.54) is 24.0 Å². The van der Waals surface area contributed by atoms with Gasteiger partial charge in [-0.2, -0.15) is 0 Å². The van der Waals surface area contributed by atoms with Crippen LogP contribution in [0.2, 0.25) is 0 Å². The Hall–Kier alpha value is -1.61. The molecule has 0 radical (unpaired) electrons. The second kappa shape index (κ2) is 5.17. The Bertz CT molecular complexity index is 533. The van der Waals surface area contributed by atoms with Crippen LogP contribution in [0, 0.1) is 0 Å². The molecule has 2 heterocycles. The predicted octanol–water partition coefficient (Wildman–Crippen LogP) is 3.62. The molecule has 1 fully saturated rings. The normalized spacial score (nSPS) is 19.2. The van der Waals surface area contributed by atoms with Crippen LogP contribution in [-0.4, -0.2) is 16.5 Å². The van der Waals surface area contributed by atoms with Gasteiger partial charge in [0, 0.05) is 0 Å². The van der Waals surface area contributed by atoms with Crippen LogP contribution in [-0.2, 0) is 0 Å². The summed E-state index contributed by atoms with van der Waals surface area (Å²) in [4.78, 5) is 7.96. The van der Waals surface area contributed by atoms with Gasteiger partial charge in [-0.15, -0.1) is 0 Å². The van der Waals surface area contributed by atoms with Gasteiger partial charge in [-0.3, -0.25) is 0 Å². The zero-order valence-electron chi connectivity index (χ0n) is 11.6. The minimum atomic E-state index is 0.406. The number of H-pyrrole nitrogens is 1. The number of nitrogens with one attached hydrogen (secondary N) is 2. The lowest BCUT2D eigenvalue weighted by Crippen LogP contribution is -2.14. The minimum Gasteiger partial charge on any atom is -0.341 e. The van der Waals surface area contributed by atoms with E-state index in [2.05, 4.69) is 53.4 Å². The van der Waals surface area contributed by atoms with Crippen molar-refractivity contribution in [2.75, 3.05) is 6.54 Å². The van der Waals surface area contributed by atoms with Crippen LogP contribution in [0.15, 0.2) is 30.5 Å². The Morgan fingerprint density at radius 1 is 1.21 bits per heavy atom. The van der Waals surface area contributed by atoms with Gasteiger partial charge in [-0.05, 0) is 36.4 Å². The third-order valence-corrected chi connectivity index (χ3v) is 3.87. The SMILES string of the molecule is CC(C)c1ccc(-c2cnc(C3CCCN3)[nH]2)cc1. The molecule has 1 aliphatic heterocycles. The van der Waals surface area contributed by atoms with Gasteiger partial charge in [0.25, 0.3) is 0 Å². The van der Waals surface area contributed by atoms with Gasteiger partial charge in [-0.1, -0.05) is 38.1 Å². The lowest BCUT2D eigenvalue weighted by Gasteiger charge is -2.07. The molecule has 0 spiro atoms. The monoisotopic (exact) mass is 255 g/mol. The Kier molecular flexibility index (Phi) is 3.38. The van der Waals surface area contributed by atoms with Crippen LogP contribution in [0.4, 0.5) is 0 Å². The van der Waals surface area contributed by atoms with Gasteiger partial charge in [0.15, 0.2) is 0 Å². The number of benzene rings is 1. The first-order valence-corrected chi connectivity index (χ1v) is 7.12. The molecule has 19 heavy (non-hydrogen) atoms. The first kappa shape index (κ1) is 12.4. The summed E-state index contributed by atoms with van der Waals surface area (Å²) in [5.74, 6) is 1.65. The van der Waals surface area contributed by atoms with Crippen LogP contribution in [0.3, 0.4) is 0 Å². The van der Waals surface area contributed by atoms with Crippen molar-refractivity contribution in [3.8, 4) is 11.3 Å². The largest absolute Gasteiger partial charge is 0.341 e. The van der Waals surface area contributed by atoms with Crippen LogP contribution < -0.4 is 5.32 Å². The van der Waals surface area contributed by atoms with Gasteiger partial charge in [0.05, 0.1) is 17.9 Å². The summed E-state index contributed by atoms with van der Waals surface area (Å²) in [7, 11) is 0. The molecule has 3 heteroatoms. The minimum absolute atomic E-state index is 0.406. The lowest BCUT2D eigenvalue weighted by molar-refractivity contribution is 0.613. The number of hydrogen-bond acceptors (Lipinski definition) is 2. The van der Waals surface area contributed by atoms with E-state index in [0.717, 1.165) is 18.1 Å². The van der Waals surface area contributed by atoms with Crippen molar-refractivity contribution in [2.24, 2.45) is 0 Å². The molecule has 2 aromatic rings. The number of imidazole rings is 1. The van der Waals surface area contributed by atoms with Crippen LogP contribution in [0.1, 0.15) is 50.0 Å². The van der Waals surface area contributed by atoms with Crippen molar-refractivity contribution in [1.82, 2.24) is 15.3 Å². The zero-order chi connectivity index (χ0) is 13.2. The standard InChI is InChI=1S/C16H21N3/c1-11(2)12-5-7-13(8-6-12)15-10-18-16(19-15)14-4-3-9-17-14/h5-8,10-11,14,17H,3-4,9H2,1-2H3,(H,18,19). The second-order valence-corrected chi connectivity index (χ2v) is 5.61. The first-order chi connectivity index (χ1) is 9.24. The average Bonchev–Trinajstić information content (AvgIpc) is 3.10. The van der Waals surface area contributed by atoms with Crippen molar-refractivity contribution in [2.45, 2.75) is 38.6 Å². The number of rotatable bonds is 3. The van der Waals surface area contributed by atoms with Gasteiger partial charge >= 0.3 is 0 Å².